The molecule has 1 heteroatoms. The van der Waals surface area contributed by atoms with E-state index in [9.17, 15) is 5.11 Å². The molecule has 0 aromatic heterocycles. The molecule has 0 bridgehead atoms. The second-order valence-electron chi connectivity index (χ2n) is 6.19. The summed E-state index contributed by atoms with van der Waals surface area (Å²) < 4.78 is 0. The van der Waals surface area contributed by atoms with Crippen molar-refractivity contribution in [2.45, 2.75) is 59.8 Å². The predicted molar refractivity (Wildman–Crippen MR) is 65.8 cm³/mol. The largest absolute Gasteiger partial charge is 0.396 e. The fourth-order valence-corrected chi connectivity index (χ4v) is 2.92. The van der Waals surface area contributed by atoms with Gasteiger partial charge in [0.2, 0.25) is 0 Å². The fourth-order valence-electron chi connectivity index (χ4n) is 2.92. The van der Waals surface area contributed by atoms with Gasteiger partial charge in [0, 0.05) is 6.61 Å². The molecule has 0 heterocycles. The molecular weight excluding hydrogens is 184 g/mol. The van der Waals surface area contributed by atoms with Crippen molar-refractivity contribution in [2.24, 2.45) is 23.2 Å². The number of aliphatic hydroxyl groups is 1. The van der Waals surface area contributed by atoms with Crippen molar-refractivity contribution in [3.63, 3.8) is 0 Å². The molecule has 2 atom stereocenters. The molecule has 0 aromatic carbocycles. The Kier molecular flexibility index (Phi) is 4.64. The molecule has 1 saturated carbocycles. The van der Waals surface area contributed by atoms with Crippen LogP contribution in [-0.4, -0.2) is 11.7 Å². The molecule has 0 unspecified atom stereocenters. The molecule has 15 heavy (non-hydrogen) atoms. The first-order chi connectivity index (χ1) is 6.99. The summed E-state index contributed by atoms with van der Waals surface area (Å²) in [5, 5.41) is 9.41. The van der Waals surface area contributed by atoms with Gasteiger partial charge in [0.15, 0.2) is 0 Å². The maximum atomic E-state index is 9.41. The normalized spacial score (nSPS) is 23.8. The molecule has 1 fully saturated rings. The fraction of sp³-hybridized carbons (Fsp3) is 1.00. The van der Waals surface area contributed by atoms with E-state index in [4.69, 9.17) is 0 Å². The minimum Gasteiger partial charge on any atom is -0.396 e. The molecule has 1 aliphatic carbocycles. The molecule has 0 amide bonds. The Bertz CT molecular complexity index is 180. The third kappa shape index (κ3) is 3.21. The quantitative estimate of drug-likeness (QED) is 0.750. The van der Waals surface area contributed by atoms with Gasteiger partial charge in [-0.25, -0.2) is 0 Å². The van der Waals surface area contributed by atoms with E-state index in [-0.39, 0.29) is 5.41 Å². The van der Waals surface area contributed by atoms with Gasteiger partial charge in [-0.2, -0.15) is 0 Å². The highest BCUT2D eigenvalue weighted by Gasteiger charge is 2.33. The van der Waals surface area contributed by atoms with Gasteiger partial charge in [0.25, 0.3) is 0 Å². The van der Waals surface area contributed by atoms with Gasteiger partial charge >= 0.3 is 0 Å². The van der Waals surface area contributed by atoms with E-state index in [1.807, 2.05) is 0 Å². The van der Waals surface area contributed by atoms with Crippen LogP contribution in [0.15, 0.2) is 0 Å². The Balaban J connectivity index is 2.54. The van der Waals surface area contributed by atoms with Gasteiger partial charge in [-0.05, 0) is 23.2 Å². The summed E-state index contributed by atoms with van der Waals surface area (Å²) in [5.74, 6) is 2.28. The molecule has 0 aromatic rings. The van der Waals surface area contributed by atoms with Gasteiger partial charge < -0.3 is 5.11 Å². The third-order valence-corrected chi connectivity index (χ3v) is 4.82. The minimum absolute atomic E-state index is 0.0802. The second kappa shape index (κ2) is 5.34. The first-order valence-electron chi connectivity index (χ1n) is 6.60. The number of hydrogen-bond donors (Lipinski definition) is 1. The van der Waals surface area contributed by atoms with Crippen LogP contribution < -0.4 is 0 Å². The summed E-state index contributed by atoms with van der Waals surface area (Å²) in [6, 6.07) is 0. The zero-order chi connectivity index (χ0) is 11.5. The Morgan fingerprint density at radius 1 is 1.13 bits per heavy atom. The van der Waals surface area contributed by atoms with Gasteiger partial charge in [-0.1, -0.05) is 59.8 Å². The summed E-state index contributed by atoms with van der Waals surface area (Å²) in [4.78, 5) is 0. The van der Waals surface area contributed by atoms with Crippen molar-refractivity contribution >= 4 is 0 Å². The van der Waals surface area contributed by atoms with Gasteiger partial charge in [0.05, 0.1) is 0 Å². The van der Waals surface area contributed by atoms with Crippen molar-refractivity contribution in [3.8, 4) is 0 Å². The molecule has 1 rings (SSSR count). The van der Waals surface area contributed by atoms with Gasteiger partial charge in [-0.3, -0.25) is 0 Å². The third-order valence-electron chi connectivity index (χ3n) is 4.82. The van der Waals surface area contributed by atoms with E-state index in [1.165, 1.54) is 32.1 Å². The molecule has 1 aliphatic rings. The van der Waals surface area contributed by atoms with E-state index in [0.29, 0.717) is 12.5 Å². The van der Waals surface area contributed by atoms with E-state index < -0.39 is 0 Å². The molecule has 0 aliphatic heterocycles. The van der Waals surface area contributed by atoms with Gasteiger partial charge in [0.1, 0.15) is 0 Å². The average molecular weight is 212 g/mol. The Morgan fingerprint density at radius 2 is 1.67 bits per heavy atom. The summed E-state index contributed by atoms with van der Waals surface area (Å²) >= 11 is 0. The summed E-state index contributed by atoms with van der Waals surface area (Å²) in [5.41, 5.74) is 0.0802. The lowest BCUT2D eigenvalue weighted by Gasteiger charge is -2.39. The van der Waals surface area contributed by atoms with Crippen LogP contribution in [0.2, 0.25) is 0 Å². The molecular formula is C14H28O. The minimum atomic E-state index is 0.0802. The van der Waals surface area contributed by atoms with Crippen LogP contribution in [0.1, 0.15) is 59.8 Å². The molecule has 0 radical (unpaired) electrons. The lowest BCUT2D eigenvalue weighted by Crippen LogP contribution is -2.34. The van der Waals surface area contributed by atoms with Crippen molar-refractivity contribution in [1.82, 2.24) is 0 Å². The first-order valence-corrected chi connectivity index (χ1v) is 6.60. The summed E-state index contributed by atoms with van der Waals surface area (Å²) in [6.07, 6.45) is 7.09. The lowest BCUT2D eigenvalue weighted by molar-refractivity contribution is 0.0481. The molecule has 1 nitrogen and oxygen atoms in total. The monoisotopic (exact) mass is 212 g/mol. The van der Waals surface area contributed by atoms with E-state index in [1.54, 1.807) is 0 Å². The van der Waals surface area contributed by atoms with Crippen molar-refractivity contribution in [2.75, 3.05) is 6.61 Å². The summed E-state index contributed by atoms with van der Waals surface area (Å²) in [7, 11) is 0. The maximum Gasteiger partial charge on any atom is 0.0484 e. The van der Waals surface area contributed by atoms with Crippen LogP contribution in [0.5, 0.6) is 0 Å². The Morgan fingerprint density at radius 3 is 2.13 bits per heavy atom. The second-order valence-corrected chi connectivity index (χ2v) is 6.19. The highest BCUT2D eigenvalue weighted by Crippen LogP contribution is 2.40. The van der Waals surface area contributed by atoms with Gasteiger partial charge in [-0.15, -0.1) is 0 Å². The van der Waals surface area contributed by atoms with Crippen molar-refractivity contribution in [3.05, 3.63) is 0 Å². The van der Waals surface area contributed by atoms with Crippen LogP contribution in [0, 0.1) is 23.2 Å². The molecule has 90 valence electrons. The highest BCUT2D eigenvalue weighted by molar-refractivity contribution is 4.83. The lowest BCUT2D eigenvalue weighted by atomic mass is 9.67. The van der Waals surface area contributed by atoms with E-state index in [2.05, 4.69) is 27.7 Å². The number of aliphatic hydroxyl groups excluding tert-OH is 1. The molecule has 1 N–H and O–H groups in total. The first kappa shape index (κ1) is 13.0. The maximum absolute atomic E-state index is 9.41. The van der Waals surface area contributed by atoms with Crippen LogP contribution in [0.3, 0.4) is 0 Å². The standard InChI is InChI=1S/C14H28O/c1-11(12(2)14(3,4)10-15)13-8-6-5-7-9-13/h11-13,15H,5-10H2,1-4H3/t11-,12-/m0/s1. The molecule has 0 spiro atoms. The Labute approximate surface area is 95.3 Å². The van der Waals surface area contributed by atoms with Crippen LogP contribution in [0.25, 0.3) is 0 Å². The molecule has 0 saturated heterocycles. The highest BCUT2D eigenvalue weighted by atomic mass is 16.3. The van der Waals surface area contributed by atoms with Crippen LogP contribution in [-0.2, 0) is 0 Å². The van der Waals surface area contributed by atoms with Crippen LogP contribution >= 0.6 is 0 Å². The van der Waals surface area contributed by atoms with Crippen molar-refractivity contribution in [1.29, 1.82) is 0 Å². The zero-order valence-corrected chi connectivity index (χ0v) is 10.9. The summed E-state index contributed by atoms with van der Waals surface area (Å²) in [6.45, 7) is 9.40. The SMILES string of the molecule is C[C@H](C1CCCCC1)[C@H](C)C(C)(C)CO. The average Bonchev–Trinajstić information content (AvgIpc) is 2.28. The van der Waals surface area contributed by atoms with E-state index in [0.717, 1.165) is 11.8 Å². The van der Waals surface area contributed by atoms with E-state index >= 15 is 0 Å². The van der Waals surface area contributed by atoms with Crippen molar-refractivity contribution < 1.29 is 5.11 Å². The zero-order valence-electron chi connectivity index (χ0n) is 10.9. The Hall–Kier alpha value is -0.0400. The topological polar surface area (TPSA) is 20.2 Å². The number of rotatable bonds is 4. The predicted octanol–water partition coefficient (Wildman–Crippen LogP) is 3.86. The smallest absolute Gasteiger partial charge is 0.0484 e. The van der Waals surface area contributed by atoms with Crippen LogP contribution in [0.4, 0.5) is 0 Å². The number of hydrogen-bond acceptors (Lipinski definition) is 1.